The zero-order valence-electron chi connectivity index (χ0n) is 6.20. The zero-order valence-corrected chi connectivity index (χ0v) is 6.20. The molecule has 1 N–H and O–H groups in total. The van der Waals surface area contributed by atoms with E-state index in [1.54, 1.807) is 0 Å². The van der Waals surface area contributed by atoms with Crippen molar-refractivity contribution in [1.29, 1.82) is 0 Å². The lowest BCUT2D eigenvalue weighted by molar-refractivity contribution is 0.533. The van der Waals surface area contributed by atoms with Crippen molar-refractivity contribution in [2.45, 2.75) is 39.7 Å². The molecule has 58 valence electrons. The molecule has 9 heavy (non-hydrogen) atoms. The Morgan fingerprint density at radius 1 is 1.33 bits per heavy atom. The van der Waals surface area contributed by atoms with Gasteiger partial charge in [0.2, 0.25) is 0 Å². The molecule has 0 spiro atoms. The molecule has 0 heterocycles. The summed E-state index contributed by atoms with van der Waals surface area (Å²) >= 11 is 0. The Hall–Kier alpha value is 0.177. The summed E-state index contributed by atoms with van der Waals surface area (Å²) in [5.74, 6) is 0. The van der Waals surface area contributed by atoms with Gasteiger partial charge in [0.1, 0.15) is 0 Å². The van der Waals surface area contributed by atoms with Gasteiger partial charge >= 0.3 is 0 Å². The van der Waals surface area contributed by atoms with Crippen molar-refractivity contribution < 1.29 is 0 Å². The van der Waals surface area contributed by atoms with Crippen molar-refractivity contribution in [2.24, 2.45) is 0 Å². The molecule has 0 radical (unpaired) electrons. The molecular weight excluding hydrogens is 126 g/mol. The van der Waals surface area contributed by atoms with Gasteiger partial charge in [-0.2, -0.15) is 0 Å². The van der Waals surface area contributed by atoms with Crippen molar-refractivity contribution in [3.05, 3.63) is 0 Å². The maximum Gasteiger partial charge on any atom is 0.00360 e. The van der Waals surface area contributed by atoms with Crippen LogP contribution in [-0.4, -0.2) is 23.6 Å². The predicted molar refractivity (Wildman–Crippen MR) is 49.4 cm³/mol. The maximum atomic E-state index is 3.38. The van der Waals surface area contributed by atoms with Crippen LogP contribution in [0.25, 0.3) is 0 Å². The first kappa shape index (κ1) is 11.9. The number of nitrogens with one attached hydrogen (secondary N) is 1. The van der Waals surface area contributed by atoms with Gasteiger partial charge in [-0.3, -0.25) is 0 Å². The van der Waals surface area contributed by atoms with Crippen LogP contribution >= 0.6 is 0 Å². The lowest BCUT2D eigenvalue weighted by Gasteiger charge is -2.08. The van der Waals surface area contributed by atoms with E-state index in [4.69, 9.17) is 0 Å². The van der Waals surface area contributed by atoms with Gasteiger partial charge in [0.25, 0.3) is 0 Å². The van der Waals surface area contributed by atoms with E-state index in [9.17, 15) is 0 Å². The van der Waals surface area contributed by atoms with Gasteiger partial charge in [-0.15, -0.1) is 0 Å². The van der Waals surface area contributed by atoms with Crippen LogP contribution < -0.4 is 5.32 Å². The predicted octanol–water partition coefficient (Wildman–Crippen LogP) is 0.333. The van der Waals surface area contributed by atoms with E-state index in [1.807, 2.05) is 0 Å². The molecule has 0 aromatic carbocycles. The summed E-state index contributed by atoms with van der Waals surface area (Å²) < 4.78 is 0. The van der Waals surface area contributed by atoms with Crippen LogP contribution in [-0.2, 0) is 0 Å². The van der Waals surface area contributed by atoms with E-state index in [1.165, 1.54) is 12.8 Å². The third-order valence-electron chi connectivity index (χ3n) is 1.36. The van der Waals surface area contributed by atoms with Crippen LogP contribution in [0.3, 0.4) is 0 Å². The average Bonchev–Trinajstić information content (AvgIpc) is 1.83. The second kappa shape index (κ2) is 8.18. The molecule has 0 fully saturated rings. The van der Waals surface area contributed by atoms with Crippen molar-refractivity contribution in [1.82, 2.24) is 5.32 Å². The van der Waals surface area contributed by atoms with Gasteiger partial charge in [0.15, 0.2) is 0 Å². The van der Waals surface area contributed by atoms with Crippen LogP contribution in [0.1, 0.15) is 33.6 Å². The maximum absolute atomic E-state index is 3.38. The fourth-order valence-corrected chi connectivity index (χ4v) is 0.535. The van der Waals surface area contributed by atoms with Gasteiger partial charge in [-0.1, -0.05) is 13.8 Å². The Bertz CT molecular complexity index is 48.2. The van der Waals surface area contributed by atoms with E-state index < -0.39 is 0 Å². The molecule has 0 amide bonds. The van der Waals surface area contributed by atoms with Crippen LogP contribution in [0.2, 0.25) is 0 Å². The summed E-state index contributed by atoms with van der Waals surface area (Å²) in [4.78, 5) is 0. The standard InChI is InChI=1S/C7H17N.H4Si/c1-4-6-8-7(3)5-2;/h7-8H,4-6H2,1-3H3;1H4. The van der Waals surface area contributed by atoms with E-state index in [0.29, 0.717) is 6.04 Å². The van der Waals surface area contributed by atoms with Crippen LogP contribution in [0.5, 0.6) is 0 Å². The molecule has 0 saturated carbocycles. The zero-order chi connectivity index (χ0) is 6.41. The summed E-state index contributed by atoms with van der Waals surface area (Å²) in [7, 11) is 0. The lowest BCUT2D eigenvalue weighted by atomic mass is 10.2. The van der Waals surface area contributed by atoms with E-state index in [-0.39, 0.29) is 11.0 Å². The second-order valence-corrected chi connectivity index (χ2v) is 2.26. The summed E-state index contributed by atoms with van der Waals surface area (Å²) in [6, 6.07) is 0.704. The van der Waals surface area contributed by atoms with Crippen molar-refractivity contribution in [3.8, 4) is 0 Å². The van der Waals surface area contributed by atoms with Gasteiger partial charge in [-0.25, -0.2) is 0 Å². The Kier molecular flexibility index (Phi) is 10.8. The normalized spacial score (nSPS) is 12.3. The van der Waals surface area contributed by atoms with Crippen LogP contribution in [0.15, 0.2) is 0 Å². The molecule has 0 aromatic heterocycles. The third kappa shape index (κ3) is 8.18. The minimum atomic E-state index is 0. The van der Waals surface area contributed by atoms with Crippen LogP contribution in [0.4, 0.5) is 0 Å². The largest absolute Gasteiger partial charge is 0.314 e. The Labute approximate surface area is 63.3 Å². The fraction of sp³-hybridized carbons (Fsp3) is 1.00. The molecule has 2 heteroatoms. The molecule has 0 rings (SSSR count). The highest BCUT2D eigenvalue weighted by atomic mass is 28.1. The summed E-state index contributed by atoms with van der Waals surface area (Å²) in [5, 5.41) is 3.38. The quantitative estimate of drug-likeness (QED) is 0.565. The van der Waals surface area contributed by atoms with Crippen molar-refractivity contribution >= 4 is 11.0 Å². The third-order valence-corrected chi connectivity index (χ3v) is 1.36. The summed E-state index contributed by atoms with van der Waals surface area (Å²) in [6.45, 7) is 7.77. The number of hydrogen-bond donors (Lipinski definition) is 1. The molecule has 0 aliphatic rings. The monoisotopic (exact) mass is 147 g/mol. The molecule has 1 unspecified atom stereocenters. The molecular formula is C7H21NSi. The molecule has 0 aromatic rings. The van der Waals surface area contributed by atoms with Crippen molar-refractivity contribution in [2.75, 3.05) is 6.54 Å². The minimum Gasteiger partial charge on any atom is -0.314 e. The molecule has 1 atom stereocenters. The van der Waals surface area contributed by atoms with Crippen molar-refractivity contribution in [3.63, 3.8) is 0 Å². The molecule has 0 aliphatic heterocycles. The second-order valence-electron chi connectivity index (χ2n) is 2.26. The van der Waals surface area contributed by atoms with E-state index in [0.717, 1.165) is 6.54 Å². The summed E-state index contributed by atoms with van der Waals surface area (Å²) in [5.41, 5.74) is 0. The smallest absolute Gasteiger partial charge is 0.00360 e. The number of hydrogen-bond acceptors (Lipinski definition) is 1. The Morgan fingerprint density at radius 2 is 1.89 bits per heavy atom. The SMILES string of the molecule is CCCNC(C)CC.[SiH4]. The Balaban J connectivity index is 0. The van der Waals surface area contributed by atoms with Gasteiger partial charge in [-0.05, 0) is 37.3 Å². The lowest BCUT2D eigenvalue weighted by Crippen LogP contribution is -2.25. The first-order chi connectivity index (χ1) is 3.81. The minimum absolute atomic E-state index is 0. The van der Waals surface area contributed by atoms with Gasteiger partial charge in [0, 0.05) is 6.04 Å². The highest BCUT2D eigenvalue weighted by Crippen LogP contribution is 1.86. The highest BCUT2D eigenvalue weighted by molar-refractivity contribution is 5.75. The first-order valence-corrected chi connectivity index (χ1v) is 3.54. The molecule has 1 nitrogen and oxygen atoms in total. The molecule has 0 saturated heterocycles. The number of rotatable bonds is 4. The first-order valence-electron chi connectivity index (χ1n) is 3.54. The highest BCUT2D eigenvalue weighted by Gasteiger charge is 1.92. The fourth-order valence-electron chi connectivity index (χ4n) is 0.535. The molecule has 0 aliphatic carbocycles. The Morgan fingerprint density at radius 3 is 2.22 bits per heavy atom. The topological polar surface area (TPSA) is 12.0 Å². The van der Waals surface area contributed by atoms with Gasteiger partial charge in [0.05, 0.1) is 0 Å². The summed E-state index contributed by atoms with van der Waals surface area (Å²) in [6.07, 6.45) is 2.48. The van der Waals surface area contributed by atoms with E-state index in [2.05, 4.69) is 26.1 Å². The van der Waals surface area contributed by atoms with Gasteiger partial charge < -0.3 is 5.32 Å². The molecule has 0 bridgehead atoms. The van der Waals surface area contributed by atoms with E-state index >= 15 is 0 Å². The van der Waals surface area contributed by atoms with Crippen LogP contribution in [0, 0.1) is 0 Å². The average molecular weight is 147 g/mol.